The van der Waals surface area contributed by atoms with Gasteiger partial charge in [0.2, 0.25) is 5.78 Å². The minimum atomic E-state index is -0.457. The number of aryl methyl sites for hydroxylation is 1. The minimum absolute atomic E-state index is 0.0667. The van der Waals surface area contributed by atoms with Gasteiger partial charge in [0.15, 0.2) is 6.61 Å². The predicted molar refractivity (Wildman–Crippen MR) is 98.2 cm³/mol. The summed E-state index contributed by atoms with van der Waals surface area (Å²) in [6, 6.07) is 13.3. The van der Waals surface area contributed by atoms with Gasteiger partial charge in [-0.3, -0.25) is 9.59 Å². The van der Waals surface area contributed by atoms with Crippen molar-refractivity contribution in [1.29, 1.82) is 0 Å². The van der Waals surface area contributed by atoms with Crippen molar-refractivity contribution < 1.29 is 18.7 Å². The monoisotopic (exact) mass is 347 g/mol. The maximum absolute atomic E-state index is 12.4. The zero-order valence-corrected chi connectivity index (χ0v) is 14.2. The van der Waals surface area contributed by atoms with Crippen molar-refractivity contribution in [3.63, 3.8) is 0 Å². The highest BCUT2D eigenvalue weighted by Gasteiger charge is 2.16. The molecule has 0 aliphatic heterocycles. The number of carbonyl (C=O) groups excluding carboxylic acids is 2. The van der Waals surface area contributed by atoms with E-state index in [-0.39, 0.29) is 18.8 Å². The highest BCUT2D eigenvalue weighted by atomic mass is 16.5. The van der Waals surface area contributed by atoms with Gasteiger partial charge in [-0.15, -0.1) is 0 Å². The van der Waals surface area contributed by atoms with Gasteiger partial charge in [0.05, 0.1) is 12.7 Å². The van der Waals surface area contributed by atoms with Gasteiger partial charge in [-0.25, -0.2) is 0 Å². The van der Waals surface area contributed by atoms with E-state index in [1.54, 1.807) is 12.5 Å². The molecule has 0 atom stereocenters. The molecule has 0 amide bonds. The summed E-state index contributed by atoms with van der Waals surface area (Å²) in [7, 11) is 0. The van der Waals surface area contributed by atoms with Gasteiger partial charge in [-0.2, -0.15) is 0 Å². The lowest BCUT2D eigenvalue weighted by molar-refractivity contribution is -0.141. The first kappa shape index (κ1) is 16.1. The molecule has 5 nitrogen and oxygen atoms in total. The largest absolute Gasteiger partial charge is 0.464 e. The molecule has 0 saturated heterocycles. The van der Waals surface area contributed by atoms with Crippen molar-refractivity contribution in [1.82, 2.24) is 4.98 Å². The average Bonchev–Trinajstić information content (AvgIpc) is 3.24. The molecule has 0 bridgehead atoms. The minimum Gasteiger partial charge on any atom is -0.464 e. The zero-order chi connectivity index (χ0) is 18.1. The molecule has 2 aromatic heterocycles. The number of hydrogen-bond acceptors (Lipinski definition) is 4. The summed E-state index contributed by atoms with van der Waals surface area (Å²) in [5.74, 6) is -0.690. The van der Waals surface area contributed by atoms with Crippen LogP contribution in [0.25, 0.3) is 21.9 Å². The van der Waals surface area contributed by atoms with E-state index in [4.69, 9.17) is 9.15 Å². The van der Waals surface area contributed by atoms with Gasteiger partial charge in [0, 0.05) is 33.6 Å². The quantitative estimate of drug-likeness (QED) is 0.434. The number of H-pyrrole nitrogens is 1. The van der Waals surface area contributed by atoms with Crippen molar-refractivity contribution in [3.8, 4) is 0 Å². The second kappa shape index (κ2) is 6.52. The molecule has 5 heteroatoms. The number of aromatic nitrogens is 1. The van der Waals surface area contributed by atoms with E-state index in [9.17, 15) is 9.59 Å². The van der Waals surface area contributed by atoms with Crippen LogP contribution in [0.15, 0.2) is 59.3 Å². The normalized spacial score (nSPS) is 11.1. The summed E-state index contributed by atoms with van der Waals surface area (Å²) in [4.78, 5) is 27.5. The number of aromatic amines is 1. The number of ether oxygens (including phenoxy) is 1. The molecule has 26 heavy (non-hydrogen) atoms. The van der Waals surface area contributed by atoms with Crippen molar-refractivity contribution in [2.75, 3.05) is 6.61 Å². The Bertz CT molecular complexity index is 1120. The van der Waals surface area contributed by atoms with Crippen LogP contribution in [-0.4, -0.2) is 23.3 Å². The molecule has 1 N–H and O–H groups in total. The molecule has 4 rings (SSSR count). The molecule has 4 aromatic rings. The Balaban J connectivity index is 1.42. The SMILES string of the molecule is Cc1ccc2c(CC(=O)OCC(=O)c3c[nH]c4ccccc34)coc2c1. The van der Waals surface area contributed by atoms with Gasteiger partial charge in [0.1, 0.15) is 5.58 Å². The predicted octanol–water partition coefficient (Wildman–Crippen LogP) is 4.19. The van der Waals surface area contributed by atoms with Gasteiger partial charge < -0.3 is 14.1 Å². The Morgan fingerprint density at radius 3 is 2.85 bits per heavy atom. The van der Waals surface area contributed by atoms with Crippen molar-refractivity contribution in [3.05, 3.63) is 71.6 Å². The molecule has 0 saturated carbocycles. The number of hydrogen-bond donors (Lipinski definition) is 1. The van der Waals surface area contributed by atoms with Crippen molar-refractivity contribution in [2.45, 2.75) is 13.3 Å². The fourth-order valence-electron chi connectivity index (χ4n) is 3.06. The first-order chi connectivity index (χ1) is 12.6. The van der Waals surface area contributed by atoms with Crippen LogP contribution in [0.4, 0.5) is 0 Å². The lowest BCUT2D eigenvalue weighted by atomic mass is 10.1. The van der Waals surface area contributed by atoms with Gasteiger partial charge in [0.25, 0.3) is 0 Å². The van der Waals surface area contributed by atoms with Crippen LogP contribution in [0.5, 0.6) is 0 Å². The molecule has 0 fully saturated rings. The van der Waals surface area contributed by atoms with E-state index in [0.717, 1.165) is 33.0 Å². The van der Waals surface area contributed by atoms with E-state index in [1.165, 1.54) is 0 Å². The van der Waals surface area contributed by atoms with E-state index < -0.39 is 5.97 Å². The topological polar surface area (TPSA) is 72.3 Å². The summed E-state index contributed by atoms with van der Waals surface area (Å²) in [6.45, 7) is 1.70. The highest BCUT2D eigenvalue weighted by Crippen LogP contribution is 2.23. The van der Waals surface area contributed by atoms with Gasteiger partial charge in [-0.1, -0.05) is 30.3 Å². The summed E-state index contributed by atoms with van der Waals surface area (Å²) < 4.78 is 10.7. The molecular formula is C21H17NO4. The fraction of sp³-hybridized carbons (Fsp3) is 0.143. The molecule has 0 aliphatic rings. The van der Waals surface area contributed by atoms with Crippen LogP contribution in [0.1, 0.15) is 21.5 Å². The summed E-state index contributed by atoms with van der Waals surface area (Å²) in [5, 5.41) is 1.71. The summed E-state index contributed by atoms with van der Waals surface area (Å²) in [5.41, 5.74) is 3.98. The molecule has 2 aromatic carbocycles. The van der Waals surface area contributed by atoms with E-state index in [2.05, 4.69) is 4.98 Å². The van der Waals surface area contributed by atoms with Crippen molar-refractivity contribution >= 4 is 33.6 Å². The highest BCUT2D eigenvalue weighted by molar-refractivity contribution is 6.08. The van der Waals surface area contributed by atoms with Gasteiger partial charge >= 0.3 is 5.97 Å². The van der Waals surface area contributed by atoms with Crippen LogP contribution in [0.2, 0.25) is 0 Å². The standard InChI is InChI=1S/C21H17NO4/c1-13-6-7-15-14(11-25-20(15)8-13)9-21(24)26-12-19(23)17-10-22-18-5-3-2-4-16(17)18/h2-8,10-11,22H,9,12H2,1H3. The number of rotatable bonds is 5. The Morgan fingerprint density at radius 1 is 1.12 bits per heavy atom. The molecule has 0 radical (unpaired) electrons. The number of carbonyl (C=O) groups is 2. The fourth-order valence-corrected chi connectivity index (χ4v) is 3.06. The van der Waals surface area contributed by atoms with Crippen LogP contribution in [0, 0.1) is 6.92 Å². The first-order valence-corrected chi connectivity index (χ1v) is 8.33. The van der Waals surface area contributed by atoms with Gasteiger partial charge in [-0.05, 0) is 24.6 Å². The van der Waals surface area contributed by atoms with Crippen LogP contribution in [-0.2, 0) is 16.0 Å². The van der Waals surface area contributed by atoms with Crippen LogP contribution in [0.3, 0.4) is 0 Å². The smallest absolute Gasteiger partial charge is 0.310 e. The molecule has 130 valence electrons. The Morgan fingerprint density at radius 2 is 1.96 bits per heavy atom. The number of benzene rings is 2. The number of para-hydroxylation sites is 1. The lowest BCUT2D eigenvalue weighted by Crippen LogP contribution is -2.15. The maximum atomic E-state index is 12.4. The Hall–Kier alpha value is -3.34. The second-order valence-electron chi connectivity index (χ2n) is 6.27. The number of Topliss-reactive ketones (excluding diaryl/α,β-unsaturated/α-hetero) is 1. The third-order valence-electron chi connectivity index (χ3n) is 4.40. The van der Waals surface area contributed by atoms with Crippen LogP contribution < -0.4 is 0 Å². The number of furan rings is 1. The number of fused-ring (bicyclic) bond motifs is 2. The van der Waals surface area contributed by atoms with Crippen LogP contribution >= 0.6 is 0 Å². The maximum Gasteiger partial charge on any atom is 0.310 e. The molecule has 0 aliphatic carbocycles. The third-order valence-corrected chi connectivity index (χ3v) is 4.40. The second-order valence-corrected chi connectivity index (χ2v) is 6.27. The Labute approximate surface area is 149 Å². The van der Waals surface area contributed by atoms with E-state index in [1.807, 2.05) is 49.4 Å². The number of nitrogens with one attached hydrogen (secondary N) is 1. The summed E-state index contributed by atoms with van der Waals surface area (Å²) in [6.07, 6.45) is 3.27. The molecule has 2 heterocycles. The first-order valence-electron chi connectivity index (χ1n) is 8.33. The molecule has 0 spiro atoms. The molecular weight excluding hydrogens is 330 g/mol. The Kier molecular flexibility index (Phi) is 4.05. The summed E-state index contributed by atoms with van der Waals surface area (Å²) >= 11 is 0. The number of ketones is 1. The van der Waals surface area contributed by atoms with E-state index in [0.29, 0.717) is 5.56 Å². The molecule has 0 unspecified atom stereocenters. The number of esters is 1. The average molecular weight is 347 g/mol. The zero-order valence-electron chi connectivity index (χ0n) is 14.2. The lowest BCUT2D eigenvalue weighted by Gasteiger charge is -2.03. The van der Waals surface area contributed by atoms with Crippen molar-refractivity contribution in [2.24, 2.45) is 0 Å². The third kappa shape index (κ3) is 2.99. The van der Waals surface area contributed by atoms with E-state index >= 15 is 0 Å².